The minimum absolute atomic E-state index is 0.224. The highest BCUT2D eigenvalue weighted by Gasteiger charge is 2.24. The molecule has 0 radical (unpaired) electrons. The summed E-state index contributed by atoms with van der Waals surface area (Å²) in [7, 11) is 1.81. The van der Waals surface area contributed by atoms with Crippen LogP contribution in [0.25, 0.3) is 0 Å². The number of nitrogens with zero attached hydrogens (tertiary/aromatic N) is 3. The summed E-state index contributed by atoms with van der Waals surface area (Å²) in [5.74, 6) is 1.03. The Kier molecular flexibility index (Phi) is 7.20. The van der Waals surface area contributed by atoms with E-state index in [2.05, 4.69) is 63.0 Å². The quantitative estimate of drug-likeness (QED) is 0.534. The van der Waals surface area contributed by atoms with Crippen LogP contribution in [0.2, 0.25) is 0 Å². The fourth-order valence-electron chi connectivity index (χ4n) is 4.50. The van der Waals surface area contributed by atoms with E-state index in [4.69, 9.17) is 0 Å². The smallest absolute Gasteiger partial charge is 0.227 e. The van der Waals surface area contributed by atoms with E-state index in [-0.39, 0.29) is 5.91 Å². The van der Waals surface area contributed by atoms with Gasteiger partial charge in [-0.1, -0.05) is 42.5 Å². The summed E-state index contributed by atoms with van der Waals surface area (Å²) in [6, 6.07) is 19.3. The first kappa shape index (κ1) is 21.4. The average Bonchev–Trinajstić information content (AvgIpc) is 3.49. The number of carbonyl (C=O) groups excluding carboxylic acids is 1. The molecule has 1 amide bonds. The Bertz CT molecular complexity index is 875. The number of rotatable bonds is 7. The topological polar surface area (TPSA) is 60.0 Å². The SMILES string of the molecule is CN=C(NCc1ccc(N2CCCC2=O)cc1)NCC(c1ccccc1)N1CCCC1. The first-order chi connectivity index (χ1) is 15.2. The number of anilines is 1. The van der Waals surface area contributed by atoms with Crippen LogP contribution in [-0.4, -0.2) is 50.0 Å². The number of benzene rings is 2. The molecular formula is C25H33N5O. The predicted octanol–water partition coefficient (Wildman–Crippen LogP) is 3.32. The van der Waals surface area contributed by atoms with E-state index in [1.54, 1.807) is 0 Å². The number of nitrogens with one attached hydrogen (secondary N) is 2. The van der Waals surface area contributed by atoms with Crippen LogP contribution in [0.5, 0.6) is 0 Å². The van der Waals surface area contributed by atoms with Gasteiger partial charge < -0.3 is 15.5 Å². The highest BCUT2D eigenvalue weighted by Crippen LogP contribution is 2.24. The average molecular weight is 420 g/mol. The van der Waals surface area contributed by atoms with E-state index >= 15 is 0 Å². The second-order valence-electron chi connectivity index (χ2n) is 8.29. The Morgan fingerprint density at radius 1 is 0.968 bits per heavy atom. The monoisotopic (exact) mass is 419 g/mol. The lowest BCUT2D eigenvalue weighted by molar-refractivity contribution is -0.117. The minimum Gasteiger partial charge on any atom is -0.354 e. The van der Waals surface area contributed by atoms with Crippen LogP contribution in [0.15, 0.2) is 59.6 Å². The molecule has 0 aliphatic carbocycles. The molecule has 0 aromatic heterocycles. The van der Waals surface area contributed by atoms with Crippen LogP contribution in [0.1, 0.15) is 42.9 Å². The van der Waals surface area contributed by atoms with Gasteiger partial charge in [0, 0.05) is 38.8 Å². The molecular weight excluding hydrogens is 386 g/mol. The van der Waals surface area contributed by atoms with Gasteiger partial charge in [-0.05, 0) is 55.6 Å². The number of carbonyl (C=O) groups is 1. The van der Waals surface area contributed by atoms with Crippen molar-refractivity contribution in [1.29, 1.82) is 0 Å². The van der Waals surface area contributed by atoms with Gasteiger partial charge >= 0.3 is 0 Å². The third-order valence-electron chi connectivity index (χ3n) is 6.23. The predicted molar refractivity (Wildman–Crippen MR) is 126 cm³/mol. The summed E-state index contributed by atoms with van der Waals surface area (Å²) >= 11 is 0. The Labute approximate surface area is 185 Å². The second-order valence-corrected chi connectivity index (χ2v) is 8.29. The van der Waals surface area contributed by atoms with E-state index < -0.39 is 0 Å². The summed E-state index contributed by atoms with van der Waals surface area (Å²) in [5, 5.41) is 6.94. The standard InChI is InChI=1S/C25H33N5O/c1-26-25(27-18-20-11-13-22(14-12-20)30-17-7-10-24(30)31)28-19-23(29-15-5-6-16-29)21-8-3-2-4-9-21/h2-4,8-9,11-14,23H,5-7,10,15-19H2,1H3,(H2,26,27,28). The third kappa shape index (κ3) is 5.44. The van der Waals surface area contributed by atoms with Gasteiger partial charge in [0.1, 0.15) is 0 Å². The molecule has 2 aromatic rings. The Balaban J connectivity index is 1.32. The summed E-state index contributed by atoms with van der Waals surface area (Å²) in [4.78, 5) is 20.8. The van der Waals surface area contributed by atoms with Gasteiger partial charge in [0.2, 0.25) is 5.91 Å². The minimum atomic E-state index is 0.224. The van der Waals surface area contributed by atoms with E-state index in [0.717, 1.165) is 49.8 Å². The number of likely N-dealkylation sites (tertiary alicyclic amines) is 1. The van der Waals surface area contributed by atoms with Crippen LogP contribution in [0.4, 0.5) is 5.69 Å². The van der Waals surface area contributed by atoms with Crippen molar-refractivity contribution in [2.24, 2.45) is 4.99 Å². The number of hydrogen-bond acceptors (Lipinski definition) is 3. The molecule has 2 N–H and O–H groups in total. The lowest BCUT2D eigenvalue weighted by atomic mass is 10.1. The van der Waals surface area contributed by atoms with Crippen molar-refractivity contribution in [2.75, 3.05) is 38.1 Å². The maximum absolute atomic E-state index is 11.9. The highest BCUT2D eigenvalue weighted by molar-refractivity contribution is 5.95. The van der Waals surface area contributed by atoms with Crippen LogP contribution < -0.4 is 15.5 Å². The Hall–Kier alpha value is -2.86. The maximum atomic E-state index is 11.9. The van der Waals surface area contributed by atoms with Gasteiger partial charge in [-0.2, -0.15) is 0 Å². The molecule has 6 heteroatoms. The van der Waals surface area contributed by atoms with Crippen LogP contribution in [0, 0.1) is 0 Å². The summed E-state index contributed by atoms with van der Waals surface area (Å²) < 4.78 is 0. The van der Waals surface area contributed by atoms with Gasteiger partial charge in [0.05, 0.1) is 6.04 Å². The maximum Gasteiger partial charge on any atom is 0.227 e. The number of guanidine groups is 1. The molecule has 6 nitrogen and oxygen atoms in total. The van der Waals surface area contributed by atoms with Gasteiger partial charge in [0.15, 0.2) is 5.96 Å². The molecule has 2 aliphatic rings. The fraction of sp³-hybridized carbons (Fsp3) is 0.440. The molecule has 31 heavy (non-hydrogen) atoms. The first-order valence-corrected chi connectivity index (χ1v) is 11.4. The molecule has 0 saturated carbocycles. The normalized spacial score (nSPS) is 18.4. The summed E-state index contributed by atoms with van der Waals surface area (Å²) in [6.07, 6.45) is 4.16. The fourth-order valence-corrected chi connectivity index (χ4v) is 4.50. The van der Waals surface area contributed by atoms with Crippen molar-refractivity contribution >= 4 is 17.6 Å². The Morgan fingerprint density at radius 2 is 1.71 bits per heavy atom. The van der Waals surface area contributed by atoms with Crippen molar-refractivity contribution in [2.45, 2.75) is 38.3 Å². The zero-order valence-electron chi connectivity index (χ0n) is 18.4. The zero-order chi connectivity index (χ0) is 21.5. The largest absolute Gasteiger partial charge is 0.354 e. The molecule has 0 spiro atoms. The van der Waals surface area contributed by atoms with Gasteiger partial charge in [0.25, 0.3) is 0 Å². The van der Waals surface area contributed by atoms with Crippen LogP contribution in [-0.2, 0) is 11.3 Å². The Morgan fingerprint density at radius 3 is 2.35 bits per heavy atom. The van der Waals surface area contributed by atoms with Crippen molar-refractivity contribution < 1.29 is 4.79 Å². The second kappa shape index (κ2) is 10.4. The summed E-state index contributed by atoms with van der Waals surface area (Å²) in [6.45, 7) is 4.64. The van der Waals surface area contributed by atoms with E-state index in [9.17, 15) is 4.79 Å². The van der Waals surface area contributed by atoms with Crippen molar-refractivity contribution in [3.8, 4) is 0 Å². The number of amides is 1. The molecule has 164 valence electrons. The lowest BCUT2D eigenvalue weighted by Crippen LogP contribution is -2.42. The molecule has 2 saturated heterocycles. The van der Waals surface area contributed by atoms with Crippen LogP contribution in [0.3, 0.4) is 0 Å². The van der Waals surface area contributed by atoms with Gasteiger partial charge in [-0.25, -0.2) is 0 Å². The zero-order valence-corrected chi connectivity index (χ0v) is 18.4. The van der Waals surface area contributed by atoms with Crippen LogP contribution >= 0.6 is 0 Å². The van der Waals surface area contributed by atoms with Gasteiger partial charge in [-0.15, -0.1) is 0 Å². The molecule has 1 atom stereocenters. The third-order valence-corrected chi connectivity index (χ3v) is 6.23. The molecule has 2 fully saturated rings. The van der Waals surface area contributed by atoms with Crippen molar-refractivity contribution in [1.82, 2.24) is 15.5 Å². The molecule has 0 bridgehead atoms. The highest BCUT2D eigenvalue weighted by atomic mass is 16.2. The van der Waals surface area contributed by atoms with E-state index in [0.29, 0.717) is 19.0 Å². The summed E-state index contributed by atoms with van der Waals surface area (Å²) in [5.41, 5.74) is 3.50. The van der Waals surface area contributed by atoms with Crippen molar-refractivity contribution in [3.63, 3.8) is 0 Å². The van der Waals surface area contributed by atoms with Gasteiger partial charge in [-0.3, -0.25) is 14.7 Å². The molecule has 2 heterocycles. The first-order valence-electron chi connectivity index (χ1n) is 11.4. The molecule has 4 rings (SSSR count). The number of hydrogen-bond donors (Lipinski definition) is 2. The number of aliphatic imine (C=N–C) groups is 1. The molecule has 2 aliphatic heterocycles. The molecule has 1 unspecified atom stereocenters. The molecule has 2 aromatic carbocycles. The lowest BCUT2D eigenvalue weighted by Gasteiger charge is -2.29. The van der Waals surface area contributed by atoms with Crippen molar-refractivity contribution in [3.05, 3.63) is 65.7 Å². The van der Waals surface area contributed by atoms with E-state index in [1.807, 2.05) is 24.1 Å². The van der Waals surface area contributed by atoms with E-state index in [1.165, 1.54) is 18.4 Å².